The number of carbonyl (C=O) groups excluding carboxylic acids is 1. The van der Waals surface area contributed by atoms with Gasteiger partial charge in [-0.05, 0) is 44.2 Å². The zero-order valence-corrected chi connectivity index (χ0v) is 10.8. The lowest BCUT2D eigenvalue weighted by Gasteiger charge is -2.06. The summed E-state index contributed by atoms with van der Waals surface area (Å²) in [6, 6.07) is 5.45. The molecule has 0 spiro atoms. The van der Waals surface area contributed by atoms with Crippen LogP contribution in [0.15, 0.2) is 18.2 Å². The van der Waals surface area contributed by atoms with Gasteiger partial charge in [0.25, 0.3) is 5.91 Å². The van der Waals surface area contributed by atoms with Gasteiger partial charge < -0.3 is 10.1 Å². The first kappa shape index (κ1) is 13.0. The van der Waals surface area contributed by atoms with Crippen LogP contribution in [-0.4, -0.2) is 30.6 Å². The summed E-state index contributed by atoms with van der Waals surface area (Å²) in [7, 11) is 0. The van der Waals surface area contributed by atoms with E-state index in [2.05, 4.69) is 10.3 Å². The molecule has 0 aliphatic heterocycles. The molecular weight excluding hydrogens is 228 g/mol. The van der Waals surface area contributed by atoms with Crippen molar-refractivity contribution in [2.24, 2.45) is 5.92 Å². The molecule has 1 N–H and O–H groups in total. The van der Waals surface area contributed by atoms with Crippen LogP contribution >= 0.6 is 0 Å². The van der Waals surface area contributed by atoms with Crippen molar-refractivity contribution in [2.75, 3.05) is 19.8 Å². The largest absolute Gasteiger partial charge is 0.381 e. The molecule has 1 aromatic rings. The highest BCUT2D eigenvalue weighted by atomic mass is 16.5. The Labute approximate surface area is 108 Å². The minimum absolute atomic E-state index is 0.110. The van der Waals surface area contributed by atoms with Crippen molar-refractivity contribution in [1.82, 2.24) is 10.3 Å². The van der Waals surface area contributed by atoms with Crippen molar-refractivity contribution in [2.45, 2.75) is 26.2 Å². The van der Waals surface area contributed by atoms with E-state index in [1.165, 1.54) is 12.8 Å². The predicted molar refractivity (Wildman–Crippen MR) is 69.5 cm³/mol. The standard InChI is InChI=1S/C14H20N2O2/c1-11-4-2-5-13(16-11)14(17)15-8-3-9-18-10-12-6-7-12/h2,4-5,12H,3,6-10H2,1H3,(H,15,17). The number of nitrogens with zero attached hydrogens (tertiary/aromatic N) is 1. The third kappa shape index (κ3) is 4.45. The SMILES string of the molecule is Cc1cccc(C(=O)NCCCOCC2CC2)n1. The topological polar surface area (TPSA) is 51.2 Å². The van der Waals surface area contributed by atoms with Gasteiger partial charge in [-0.15, -0.1) is 0 Å². The fraction of sp³-hybridized carbons (Fsp3) is 0.571. The van der Waals surface area contributed by atoms with Gasteiger partial charge in [-0.1, -0.05) is 6.07 Å². The summed E-state index contributed by atoms with van der Waals surface area (Å²) in [5.41, 5.74) is 1.34. The maximum atomic E-state index is 11.7. The highest BCUT2D eigenvalue weighted by molar-refractivity contribution is 5.92. The van der Waals surface area contributed by atoms with E-state index in [0.29, 0.717) is 12.2 Å². The Morgan fingerprint density at radius 2 is 2.33 bits per heavy atom. The van der Waals surface area contributed by atoms with Crippen molar-refractivity contribution in [3.8, 4) is 0 Å². The lowest BCUT2D eigenvalue weighted by molar-refractivity contribution is 0.0932. The Morgan fingerprint density at radius 3 is 3.06 bits per heavy atom. The summed E-state index contributed by atoms with van der Waals surface area (Å²) in [5, 5.41) is 2.85. The van der Waals surface area contributed by atoms with Crippen LogP contribution in [0.5, 0.6) is 0 Å². The highest BCUT2D eigenvalue weighted by Crippen LogP contribution is 2.28. The van der Waals surface area contributed by atoms with Crippen molar-refractivity contribution in [3.05, 3.63) is 29.6 Å². The Bertz CT molecular complexity index is 403. The second kappa shape index (κ2) is 6.50. The first-order chi connectivity index (χ1) is 8.75. The molecule has 0 bridgehead atoms. The van der Waals surface area contributed by atoms with Crippen LogP contribution in [0.25, 0.3) is 0 Å². The minimum atomic E-state index is -0.110. The summed E-state index contributed by atoms with van der Waals surface area (Å²) in [6.45, 7) is 4.12. The molecule has 1 amide bonds. The smallest absolute Gasteiger partial charge is 0.269 e. The molecule has 1 fully saturated rings. The molecule has 2 rings (SSSR count). The summed E-state index contributed by atoms with van der Waals surface area (Å²) in [5.74, 6) is 0.692. The van der Waals surface area contributed by atoms with Gasteiger partial charge in [0.05, 0.1) is 0 Å². The van der Waals surface area contributed by atoms with Gasteiger partial charge in [-0.2, -0.15) is 0 Å². The molecular formula is C14H20N2O2. The maximum Gasteiger partial charge on any atom is 0.269 e. The normalized spacial score (nSPS) is 14.5. The molecule has 98 valence electrons. The Balaban J connectivity index is 1.59. The molecule has 0 aromatic carbocycles. The van der Waals surface area contributed by atoms with E-state index in [-0.39, 0.29) is 5.91 Å². The highest BCUT2D eigenvalue weighted by Gasteiger charge is 2.20. The van der Waals surface area contributed by atoms with Crippen molar-refractivity contribution in [3.63, 3.8) is 0 Å². The maximum absolute atomic E-state index is 11.7. The number of amides is 1. The monoisotopic (exact) mass is 248 g/mol. The van der Waals surface area contributed by atoms with E-state index in [1.807, 2.05) is 19.1 Å². The molecule has 0 unspecified atom stereocenters. The summed E-state index contributed by atoms with van der Waals surface area (Å²) in [6.07, 6.45) is 3.48. The molecule has 1 aliphatic rings. The van der Waals surface area contributed by atoms with Crippen molar-refractivity contribution >= 4 is 5.91 Å². The quantitative estimate of drug-likeness (QED) is 0.750. The number of hydrogen-bond acceptors (Lipinski definition) is 3. The number of hydrogen-bond donors (Lipinski definition) is 1. The van der Waals surface area contributed by atoms with Gasteiger partial charge in [0, 0.05) is 25.5 Å². The van der Waals surface area contributed by atoms with Crippen LogP contribution in [-0.2, 0) is 4.74 Å². The lowest BCUT2D eigenvalue weighted by atomic mass is 10.3. The van der Waals surface area contributed by atoms with Crippen LogP contribution < -0.4 is 5.32 Å². The van der Waals surface area contributed by atoms with Gasteiger partial charge in [-0.25, -0.2) is 4.98 Å². The van der Waals surface area contributed by atoms with E-state index < -0.39 is 0 Å². The van der Waals surface area contributed by atoms with E-state index in [4.69, 9.17) is 4.74 Å². The van der Waals surface area contributed by atoms with Crippen LogP contribution in [0.1, 0.15) is 35.4 Å². The van der Waals surface area contributed by atoms with Crippen LogP contribution in [0.4, 0.5) is 0 Å². The average molecular weight is 248 g/mol. The number of nitrogens with one attached hydrogen (secondary N) is 1. The second-order valence-electron chi connectivity index (χ2n) is 4.79. The van der Waals surface area contributed by atoms with Crippen LogP contribution in [0, 0.1) is 12.8 Å². The molecule has 0 atom stereocenters. The molecule has 4 heteroatoms. The van der Waals surface area contributed by atoms with Crippen LogP contribution in [0.2, 0.25) is 0 Å². The van der Waals surface area contributed by atoms with E-state index in [0.717, 1.165) is 31.2 Å². The molecule has 0 saturated heterocycles. The minimum Gasteiger partial charge on any atom is -0.381 e. The molecule has 1 aliphatic carbocycles. The summed E-state index contributed by atoms with van der Waals surface area (Å²) >= 11 is 0. The molecule has 1 aromatic heterocycles. The first-order valence-electron chi connectivity index (χ1n) is 6.55. The fourth-order valence-corrected chi connectivity index (χ4v) is 1.67. The molecule has 1 saturated carbocycles. The summed E-state index contributed by atoms with van der Waals surface area (Å²) in [4.78, 5) is 15.9. The zero-order chi connectivity index (χ0) is 12.8. The van der Waals surface area contributed by atoms with Crippen LogP contribution in [0.3, 0.4) is 0 Å². The van der Waals surface area contributed by atoms with Gasteiger partial charge in [0.2, 0.25) is 0 Å². The lowest BCUT2D eigenvalue weighted by Crippen LogP contribution is -2.26. The predicted octanol–water partition coefficient (Wildman–Crippen LogP) is 1.94. The number of ether oxygens (including phenoxy) is 1. The van der Waals surface area contributed by atoms with Crippen molar-refractivity contribution in [1.29, 1.82) is 0 Å². The van der Waals surface area contributed by atoms with Gasteiger partial charge in [0.15, 0.2) is 0 Å². The molecule has 1 heterocycles. The zero-order valence-electron chi connectivity index (χ0n) is 10.8. The summed E-state index contributed by atoms with van der Waals surface area (Å²) < 4.78 is 5.50. The molecule has 0 radical (unpaired) electrons. The number of aromatic nitrogens is 1. The van der Waals surface area contributed by atoms with E-state index >= 15 is 0 Å². The Hall–Kier alpha value is -1.42. The fourth-order valence-electron chi connectivity index (χ4n) is 1.67. The Morgan fingerprint density at radius 1 is 1.50 bits per heavy atom. The molecule has 18 heavy (non-hydrogen) atoms. The molecule has 4 nitrogen and oxygen atoms in total. The van der Waals surface area contributed by atoms with E-state index in [1.54, 1.807) is 6.07 Å². The van der Waals surface area contributed by atoms with Gasteiger partial charge in [-0.3, -0.25) is 4.79 Å². The number of rotatable bonds is 7. The van der Waals surface area contributed by atoms with Crippen molar-refractivity contribution < 1.29 is 9.53 Å². The third-order valence-electron chi connectivity index (χ3n) is 2.92. The number of aryl methyl sites for hydroxylation is 1. The van der Waals surface area contributed by atoms with Gasteiger partial charge in [0.1, 0.15) is 5.69 Å². The second-order valence-corrected chi connectivity index (χ2v) is 4.79. The third-order valence-corrected chi connectivity index (χ3v) is 2.92. The number of pyridine rings is 1. The number of carbonyl (C=O) groups is 1. The first-order valence-corrected chi connectivity index (χ1v) is 6.55. The average Bonchev–Trinajstić information content (AvgIpc) is 3.17. The Kier molecular flexibility index (Phi) is 4.70. The van der Waals surface area contributed by atoms with Gasteiger partial charge >= 0.3 is 0 Å². The van der Waals surface area contributed by atoms with E-state index in [9.17, 15) is 4.79 Å².